The van der Waals surface area contributed by atoms with Gasteiger partial charge in [-0.05, 0) is 68.9 Å². The second-order valence-electron chi connectivity index (χ2n) is 13.1. The smallest absolute Gasteiger partial charge is 0.270 e. The van der Waals surface area contributed by atoms with Gasteiger partial charge in [-0.1, -0.05) is 38.0 Å². The molecule has 0 radical (unpaired) electrons. The fourth-order valence-corrected chi connectivity index (χ4v) is 7.52. The molecule has 10 nitrogen and oxygen atoms in total. The fraction of sp³-hybridized carbons (Fsp3) is 0.447. The first kappa shape index (κ1) is 31.8. The summed E-state index contributed by atoms with van der Waals surface area (Å²) >= 11 is 0. The second kappa shape index (κ2) is 13.8. The van der Waals surface area contributed by atoms with Crippen LogP contribution in [-0.4, -0.2) is 60.4 Å². The van der Waals surface area contributed by atoms with E-state index in [9.17, 15) is 14.4 Å². The molecule has 0 unspecified atom stereocenters. The summed E-state index contributed by atoms with van der Waals surface area (Å²) in [4.78, 5) is 52.7. The molecule has 48 heavy (non-hydrogen) atoms. The number of rotatable bonds is 13. The van der Waals surface area contributed by atoms with Gasteiger partial charge >= 0.3 is 0 Å². The number of carbonyl (C=O) groups excluding carboxylic acids is 2. The number of aryl methyl sites for hydroxylation is 3. The zero-order valence-electron chi connectivity index (χ0n) is 28.1. The quantitative estimate of drug-likeness (QED) is 0.152. The van der Waals surface area contributed by atoms with E-state index in [-0.39, 0.29) is 30.2 Å². The van der Waals surface area contributed by atoms with Gasteiger partial charge in [-0.15, -0.1) is 0 Å². The molecule has 1 fully saturated rings. The highest BCUT2D eigenvalue weighted by Crippen LogP contribution is 2.38. The average molecular weight is 648 g/mol. The van der Waals surface area contributed by atoms with Gasteiger partial charge in [0.05, 0.1) is 22.1 Å². The van der Waals surface area contributed by atoms with Crippen molar-refractivity contribution >= 4 is 56.4 Å². The first-order chi connectivity index (χ1) is 23.4. The van der Waals surface area contributed by atoms with Crippen LogP contribution in [0, 0.1) is 0 Å². The molecule has 5 aromatic rings. The molecule has 0 atom stereocenters. The third-order valence-electron chi connectivity index (χ3n) is 9.98. The Balaban J connectivity index is 1.24. The van der Waals surface area contributed by atoms with Crippen LogP contribution in [0.3, 0.4) is 0 Å². The summed E-state index contributed by atoms with van der Waals surface area (Å²) in [5.41, 5.74) is 8.23. The SMILES string of the molecule is CCCCCNC(=O)CCc1nc2cc3c(cc2[nH]c1=O)nc(C1=Cc2c(n(CC)c4ccccc24)CC1)n3CCCN1CCCC1=O. The standard InChI is InChI=1S/C38H45N7O3/c1-3-5-8-18-39-35(46)17-15-28-38(48)42-29-23-31-34(24-30(29)40-28)45(21-10-20-43-19-9-13-36(43)47)37(41-31)25-14-16-33-27(22-25)26-11-6-7-12-32(26)44(33)4-2/h6-7,11-12,22-24H,3-5,8-10,13-21H2,1-2H3,(H,39,46)(H,42,48). The van der Waals surface area contributed by atoms with Crippen LogP contribution < -0.4 is 10.9 Å². The summed E-state index contributed by atoms with van der Waals surface area (Å²) in [7, 11) is 0. The van der Waals surface area contributed by atoms with Gasteiger partial charge in [-0.25, -0.2) is 9.97 Å². The van der Waals surface area contributed by atoms with E-state index < -0.39 is 0 Å². The highest BCUT2D eigenvalue weighted by Gasteiger charge is 2.25. The van der Waals surface area contributed by atoms with Gasteiger partial charge in [-0.3, -0.25) is 14.4 Å². The lowest BCUT2D eigenvalue weighted by molar-refractivity contribution is -0.127. The Hall–Kier alpha value is -4.73. The summed E-state index contributed by atoms with van der Waals surface area (Å²) in [5.74, 6) is 1.10. The maximum absolute atomic E-state index is 13.0. The minimum absolute atomic E-state index is 0.0620. The number of hydrogen-bond acceptors (Lipinski definition) is 5. The number of H-pyrrole nitrogens is 1. The van der Waals surface area contributed by atoms with E-state index in [1.807, 2.05) is 17.0 Å². The number of aromatic nitrogens is 5. The molecule has 250 valence electrons. The number of imidazole rings is 1. The fourth-order valence-electron chi connectivity index (χ4n) is 7.52. The Labute approximate surface area is 280 Å². The van der Waals surface area contributed by atoms with Crippen LogP contribution in [0.1, 0.15) is 88.0 Å². The zero-order chi connectivity index (χ0) is 33.2. The van der Waals surface area contributed by atoms with Crippen LogP contribution in [0.2, 0.25) is 0 Å². The van der Waals surface area contributed by atoms with E-state index in [0.29, 0.717) is 36.2 Å². The molecular weight excluding hydrogens is 602 g/mol. The predicted molar refractivity (Wildman–Crippen MR) is 191 cm³/mol. The number of carbonyl (C=O) groups is 2. The Kier molecular flexibility index (Phi) is 9.15. The maximum Gasteiger partial charge on any atom is 0.270 e. The molecule has 2 aliphatic rings. The lowest BCUT2D eigenvalue weighted by Crippen LogP contribution is -2.26. The van der Waals surface area contributed by atoms with Crippen LogP contribution in [0.4, 0.5) is 0 Å². The molecule has 3 aromatic heterocycles. The molecule has 7 rings (SSSR count). The van der Waals surface area contributed by atoms with Crippen LogP contribution in [0.15, 0.2) is 41.2 Å². The van der Waals surface area contributed by atoms with Crippen molar-refractivity contribution in [2.24, 2.45) is 0 Å². The Morgan fingerprint density at radius 3 is 2.62 bits per heavy atom. The first-order valence-electron chi connectivity index (χ1n) is 17.7. The van der Waals surface area contributed by atoms with Crippen molar-refractivity contribution in [2.45, 2.75) is 91.1 Å². The predicted octanol–water partition coefficient (Wildman–Crippen LogP) is 5.99. The topological polar surface area (TPSA) is 118 Å². The number of para-hydroxylation sites is 1. The van der Waals surface area contributed by atoms with Gasteiger partial charge in [-0.2, -0.15) is 0 Å². The van der Waals surface area contributed by atoms with Gasteiger partial charge in [0, 0.05) is 74.1 Å². The van der Waals surface area contributed by atoms with Gasteiger partial charge in [0.15, 0.2) is 0 Å². The largest absolute Gasteiger partial charge is 0.356 e. The van der Waals surface area contributed by atoms with Crippen molar-refractivity contribution in [3.8, 4) is 0 Å². The Morgan fingerprint density at radius 1 is 0.938 bits per heavy atom. The molecule has 0 spiro atoms. The van der Waals surface area contributed by atoms with E-state index in [2.05, 4.69) is 63.6 Å². The maximum atomic E-state index is 13.0. The lowest BCUT2D eigenvalue weighted by atomic mass is 9.95. The van der Waals surface area contributed by atoms with Crippen LogP contribution in [0.5, 0.6) is 0 Å². The molecular formula is C38H45N7O3. The van der Waals surface area contributed by atoms with E-state index in [4.69, 9.17) is 9.97 Å². The van der Waals surface area contributed by atoms with E-state index >= 15 is 0 Å². The first-order valence-corrected chi connectivity index (χ1v) is 17.7. The van der Waals surface area contributed by atoms with Crippen molar-refractivity contribution in [3.05, 3.63) is 69.5 Å². The molecule has 1 aliphatic carbocycles. The average Bonchev–Trinajstić information content (AvgIpc) is 3.77. The van der Waals surface area contributed by atoms with Crippen molar-refractivity contribution < 1.29 is 9.59 Å². The molecule has 1 saturated heterocycles. The third kappa shape index (κ3) is 6.16. The van der Waals surface area contributed by atoms with Crippen LogP contribution >= 0.6 is 0 Å². The van der Waals surface area contributed by atoms with Gasteiger partial charge < -0.3 is 24.3 Å². The highest BCUT2D eigenvalue weighted by atomic mass is 16.2. The molecule has 2 aromatic carbocycles. The van der Waals surface area contributed by atoms with Gasteiger partial charge in [0.1, 0.15) is 11.5 Å². The lowest BCUT2D eigenvalue weighted by Gasteiger charge is -2.19. The van der Waals surface area contributed by atoms with Gasteiger partial charge in [0.25, 0.3) is 5.56 Å². The summed E-state index contributed by atoms with van der Waals surface area (Å²) in [6.07, 6.45) is 10.1. The monoisotopic (exact) mass is 647 g/mol. The second-order valence-corrected chi connectivity index (χ2v) is 13.1. The minimum Gasteiger partial charge on any atom is -0.356 e. The van der Waals surface area contributed by atoms with Crippen LogP contribution in [-0.2, 0) is 35.5 Å². The Morgan fingerprint density at radius 2 is 1.81 bits per heavy atom. The number of benzene rings is 2. The summed E-state index contributed by atoms with van der Waals surface area (Å²) in [5, 5.41) is 4.21. The number of hydrogen-bond donors (Lipinski definition) is 2. The Bertz CT molecular complexity index is 2100. The van der Waals surface area contributed by atoms with E-state index in [1.54, 1.807) is 0 Å². The van der Waals surface area contributed by atoms with Crippen LogP contribution in [0.25, 0.3) is 44.6 Å². The number of unbranched alkanes of at least 4 members (excludes halogenated alkanes) is 2. The van der Waals surface area contributed by atoms with Crippen molar-refractivity contribution in [1.82, 2.24) is 34.3 Å². The highest BCUT2D eigenvalue weighted by molar-refractivity contribution is 5.99. The number of likely N-dealkylation sites (tertiary alicyclic amines) is 1. The van der Waals surface area contributed by atoms with E-state index in [0.717, 1.165) is 81.4 Å². The number of nitrogens with one attached hydrogen (secondary N) is 2. The van der Waals surface area contributed by atoms with E-state index in [1.165, 1.54) is 27.7 Å². The number of fused-ring (bicyclic) bond motifs is 5. The van der Waals surface area contributed by atoms with Crippen molar-refractivity contribution in [2.75, 3.05) is 19.6 Å². The molecule has 0 bridgehead atoms. The molecule has 2 N–H and O–H groups in total. The summed E-state index contributed by atoms with van der Waals surface area (Å²) in [6, 6.07) is 12.6. The third-order valence-corrected chi connectivity index (χ3v) is 9.98. The number of allylic oxidation sites excluding steroid dienone is 1. The number of aromatic amines is 1. The zero-order valence-corrected chi connectivity index (χ0v) is 28.1. The van der Waals surface area contributed by atoms with Crippen molar-refractivity contribution in [3.63, 3.8) is 0 Å². The number of nitrogens with zero attached hydrogens (tertiary/aromatic N) is 5. The molecule has 2 amide bonds. The normalized spacial score (nSPS) is 14.8. The minimum atomic E-state index is -0.273. The molecule has 4 heterocycles. The molecule has 10 heteroatoms. The summed E-state index contributed by atoms with van der Waals surface area (Å²) < 4.78 is 4.71. The summed E-state index contributed by atoms with van der Waals surface area (Å²) in [6.45, 7) is 8.17. The molecule has 1 aliphatic heterocycles. The molecule has 0 saturated carbocycles. The van der Waals surface area contributed by atoms with Crippen molar-refractivity contribution in [1.29, 1.82) is 0 Å². The van der Waals surface area contributed by atoms with Gasteiger partial charge in [0.2, 0.25) is 11.8 Å². The number of amides is 2.